The van der Waals surface area contributed by atoms with E-state index in [9.17, 15) is 4.79 Å². The Morgan fingerprint density at radius 2 is 2.29 bits per heavy atom. The van der Waals surface area contributed by atoms with E-state index in [1.807, 2.05) is 19.2 Å². The van der Waals surface area contributed by atoms with Gasteiger partial charge in [0, 0.05) is 12.4 Å². The van der Waals surface area contributed by atoms with E-state index >= 15 is 0 Å². The van der Waals surface area contributed by atoms with E-state index < -0.39 is 5.97 Å². The number of aryl methyl sites for hydroxylation is 1. The lowest BCUT2D eigenvalue weighted by molar-refractivity contribution is 0.0594. The summed E-state index contributed by atoms with van der Waals surface area (Å²) in [7, 11) is 1.33. The summed E-state index contributed by atoms with van der Waals surface area (Å²) in [6.45, 7) is 2.04. The maximum atomic E-state index is 11.3. The Balaban J connectivity index is 2.35. The molecule has 0 aromatic carbocycles. The molecule has 88 valence electrons. The Kier molecular flexibility index (Phi) is 3.18. The molecule has 0 unspecified atom stereocenters. The standard InChI is InChI=1S/C12H13N3O2/c1-3-9-5-7-15(14-9)10-4-6-13-11(8-10)12(16)17-2/h4-8H,3H2,1-2H3. The molecule has 0 N–H and O–H groups in total. The van der Waals surface area contributed by atoms with Gasteiger partial charge < -0.3 is 4.74 Å². The van der Waals surface area contributed by atoms with E-state index in [0.717, 1.165) is 17.8 Å². The fourth-order valence-corrected chi connectivity index (χ4v) is 1.47. The third-order valence-corrected chi connectivity index (χ3v) is 2.41. The van der Waals surface area contributed by atoms with Crippen molar-refractivity contribution in [3.63, 3.8) is 0 Å². The highest BCUT2D eigenvalue weighted by Crippen LogP contribution is 2.09. The molecule has 0 saturated heterocycles. The molecule has 2 aromatic rings. The number of hydrogen-bond acceptors (Lipinski definition) is 4. The maximum Gasteiger partial charge on any atom is 0.356 e. The fraction of sp³-hybridized carbons (Fsp3) is 0.250. The van der Waals surface area contributed by atoms with Crippen LogP contribution >= 0.6 is 0 Å². The summed E-state index contributed by atoms with van der Waals surface area (Å²) in [6.07, 6.45) is 4.30. The summed E-state index contributed by atoms with van der Waals surface area (Å²) in [5.74, 6) is -0.449. The first-order valence-electron chi connectivity index (χ1n) is 5.34. The Morgan fingerprint density at radius 1 is 1.47 bits per heavy atom. The fourth-order valence-electron chi connectivity index (χ4n) is 1.47. The van der Waals surface area contributed by atoms with E-state index in [0.29, 0.717) is 0 Å². The van der Waals surface area contributed by atoms with Crippen molar-refractivity contribution in [3.05, 3.63) is 42.0 Å². The summed E-state index contributed by atoms with van der Waals surface area (Å²) in [5.41, 5.74) is 2.07. The highest BCUT2D eigenvalue weighted by Gasteiger charge is 2.08. The monoisotopic (exact) mass is 231 g/mol. The average Bonchev–Trinajstić information content (AvgIpc) is 2.86. The number of rotatable bonds is 3. The third kappa shape index (κ3) is 2.33. The summed E-state index contributed by atoms with van der Waals surface area (Å²) in [5, 5.41) is 4.36. The maximum absolute atomic E-state index is 11.3. The van der Waals surface area contributed by atoms with Gasteiger partial charge in [-0.3, -0.25) is 0 Å². The van der Waals surface area contributed by atoms with Crippen molar-refractivity contribution in [2.24, 2.45) is 0 Å². The number of aromatic nitrogens is 3. The van der Waals surface area contributed by atoms with Gasteiger partial charge >= 0.3 is 5.97 Å². The quantitative estimate of drug-likeness (QED) is 0.753. The van der Waals surface area contributed by atoms with Crippen LogP contribution < -0.4 is 0 Å². The van der Waals surface area contributed by atoms with Gasteiger partial charge in [0.1, 0.15) is 5.69 Å². The topological polar surface area (TPSA) is 57.0 Å². The number of nitrogens with zero attached hydrogens (tertiary/aromatic N) is 3. The Labute approximate surface area is 99.1 Å². The van der Waals surface area contributed by atoms with Gasteiger partial charge in [-0.05, 0) is 24.6 Å². The molecule has 17 heavy (non-hydrogen) atoms. The van der Waals surface area contributed by atoms with Gasteiger partial charge in [0.25, 0.3) is 0 Å². The molecule has 2 heterocycles. The molecule has 0 aliphatic heterocycles. The highest BCUT2D eigenvalue weighted by atomic mass is 16.5. The third-order valence-electron chi connectivity index (χ3n) is 2.41. The minimum atomic E-state index is -0.449. The second-order valence-electron chi connectivity index (χ2n) is 3.50. The SMILES string of the molecule is CCc1ccn(-c2ccnc(C(=O)OC)c2)n1. The van der Waals surface area contributed by atoms with Crippen molar-refractivity contribution < 1.29 is 9.53 Å². The zero-order valence-corrected chi connectivity index (χ0v) is 9.75. The number of esters is 1. The van der Waals surface area contributed by atoms with E-state index in [2.05, 4.69) is 14.8 Å². The van der Waals surface area contributed by atoms with Crippen LogP contribution in [0.25, 0.3) is 5.69 Å². The van der Waals surface area contributed by atoms with Crippen LogP contribution in [0.5, 0.6) is 0 Å². The summed E-state index contributed by atoms with van der Waals surface area (Å²) < 4.78 is 6.34. The van der Waals surface area contributed by atoms with Crippen molar-refractivity contribution in [2.45, 2.75) is 13.3 Å². The molecule has 0 atom stereocenters. The molecule has 0 fully saturated rings. The smallest absolute Gasteiger partial charge is 0.356 e. The number of ether oxygens (including phenoxy) is 1. The van der Waals surface area contributed by atoms with Gasteiger partial charge in [-0.25, -0.2) is 14.5 Å². The van der Waals surface area contributed by atoms with Crippen molar-refractivity contribution in [1.82, 2.24) is 14.8 Å². The van der Waals surface area contributed by atoms with Crippen LogP contribution in [0.4, 0.5) is 0 Å². The first-order chi connectivity index (χ1) is 8.24. The van der Waals surface area contributed by atoms with Crippen molar-refractivity contribution in [3.8, 4) is 5.69 Å². The van der Waals surface area contributed by atoms with Gasteiger partial charge in [-0.2, -0.15) is 5.10 Å². The normalized spacial score (nSPS) is 10.2. The zero-order valence-electron chi connectivity index (χ0n) is 9.75. The summed E-state index contributed by atoms with van der Waals surface area (Å²) in [4.78, 5) is 15.3. The largest absolute Gasteiger partial charge is 0.464 e. The molecule has 0 bridgehead atoms. The minimum Gasteiger partial charge on any atom is -0.464 e. The number of carbonyl (C=O) groups excluding carboxylic acids is 1. The molecule has 2 aromatic heterocycles. The zero-order chi connectivity index (χ0) is 12.3. The van der Waals surface area contributed by atoms with Crippen LogP contribution in [-0.4, -0.2) is 27.8 Å². The Morgan fingerprint density at radius 3 is 2.94 bits per heavy atom. The summed E-state index contributed by atoms with van der Waals surface area (Å²) in [6, 6.07) is 5.38. The van der Waals surface area contributed by atoms with E-state index in [1.54, 1.807) is 23.0 Å². The van der Waals surface area contributed by atoms with Crippen LogP contribution in [-0.2, 0) is 11.2 Å². The van der Waals surface area contributed by atoms with E-state index in [4.69, 9.17) is 0 Å². The van der Waals surface area contributed by atoms with Gasteiger partial charge in [-0.1, -0.05) is 6.92 Å². The average molecular weight is 231 g/mol. The van der Waals surface area contributed by atoms with Gasteiger partial charge in [0.05, 0.1) is 18.5 Å². The first kappa shape index (κ1) is 11.3. The van der Waals surface area contributed by atoms with Crippen LogP contribution in [0.15, 0.2) is 30.6 Å². The number of pyridine rings is 1. The molecule has 0 spiro atoms. The first-order valence-corrected chi connectivity index (χ1v) is 5.34. The highest BCUT2D eigenvalue weighted by molar-refractivity contribution is 5.87. The second kappa shape index (κ2) is 4.78. The lowest BCUT2D eigenvalue weighted by Gasteiger charge is -2.03. The van der Waals surface area contributed by atoms with E-state index in [1.165, 1.54) is 7.11 Å². The van der Waals surface area contributed by atoms with Crippen LogP contribution in [0.2, 0.25) is 0 Å². The van der Waals surface area contributed by atoms with Crippen molar-refractivity contribution >= 4 is 5.97 Å². The second-order valence-corrected chi connectivity index (χ2v) is 3.50. The lowest BCUT2D eigenvalue weighted by atomic mass is 10.3. The molecule has 2 rings (SSSR count). The Bertz CT molecular complexity index is 534. The van der Waals surface area contributed by atoms with Crippen molar-refractivity contribution in [2.75, 3.05) is 7.11 Å². The number of hydrogen-bond donors (Lipinski definition) is 0. The molecule has 0 aliphatic rings. The summed E-state index contributed by atoms with van der Waals surface area (Å²) >= 11 is 0. The number of methoxy groups -OCH3 is 1. The predicted molar refractivity (Wildman–Crippen MR) is 62.1 cm³/mol. The number of carbonyl (C=O) groups is 1. The molecule has 5 nitrogen and oxygen atoms in total. The van der Waals surface area contributed by atoms with Gasteiger partial charge in [0.2, 0.25) is 0 Å². The van der Waals surface area contributed by atoms with Crippen LogP contribution in [0.3, 0.4) is 0 Å². The molecular formula is C12H13N3O2. The van der Waals surface area contributed by atoms with Gasteiger partial charge in [-0.15, -0.1) is 0 Å². The van der Waals surface area contributed by atoms with E-state index in [-0.39, 0.29) is 5.69 Å². The molecular weight excluding hydrogens is 218 g/mol. The molecule has 5 heteroatoms. The van der Waals surface area contributed by atoms with Crippen LogP contribution in [0.1, 0.15) is 23.1 Å². The Hall–Kier alpha value is -2.17. The van der Waals surface area contributed by atoms with Gasteiger partial charge in [0.15, 0.2) is 0 Å². The van der Waals surface area contributed by atoms with Crippen molar-refractivity contribution in [1.29, 1.82) is 0 Å². The molecule has 0 saturated carbocycles. The molecule has 0 amide bonds. The molecule has 0 radical (unpaired) electrons. The minimum absolute atomic E-state index is 0.276. The molecule has 0 aliphatic carbocycles. The predicted octanol–water partition coefficient (Wildman–Crippen LogP) is 1.62. The lowest BCUT2D eigenvalue weighted by Crippen LogP contribution is -2.06. The van der Waals surface area contributed by atoms with Crippen LogP contribution in [0, 0.1) is 0 Å².